The van der Waals surface area contributed by atoms with E-state index >= 15 is 0 Å². The number of alkyl halides is 3. The Bertz CT molecular complexity index is 506. The second-order valence-electron chi connectivity index (χ2n) is 5.25. The standard InChI is InChI=1S/C15H19F3N2O2/c16-15(17,18)11-22-10-14(21)19-6-8-20-7-5-12-3-1-2-4-13(12)9-20/h1-4H,5-11H2,(H,19,21). The first-order chi connectivity index (χ1) is 10.4. The number of halogens is 3. The number of carbonyl (C=O) groups excluding carboxylic acids is 1. The van der Waals surface area contributed by atoms with Gasteiger partial charge in [-0.2, -0.15) is 13.2 Å². The molecule has 2 rings (SSSR count). The number of hydrogen-bond acceptors (Lipinski definition) is 3. The van der Waals surface area contributed by atoms with E-state index in [1.807, 2.05) is 12.1 Å². The van der Waals surface area contributed by atoms with Gasteiger partial charge in [-0.1, -0.05) is 24.3 Å². The third-order valence-electron chi connectivity index (χ3n) is 3.46. The molecule has 7 heteroatoms. The molecule has 1 aromatic rings. The maximum atomic E-state index is 11.9. The van der Waals surface area contributed by atoms with E-state index in [4.69, 9.17) is 0 Å². The van der Waals surface area contributed by atoms with E-state index < -0.39 is 25.3 Å². The minimum Gasteiger partial charge on any atom is -0.362 e. The van der Waals surface area contributed by atoms with Crippen LogP contribution in [0.3, 0.4) is 0 Å². The van der Waals surface area contributed by atoms with Gasteiger partial charge in [-0.3, -0.25) is 9.69 Å². The van der Waals surface area contributed by atoms with Crippen molar-refractivity contribution in [2.45, 2.75) is 19.1 Å². The number of nitrogens with one attached hydrogen (secondary N) is 1. The van der Waals surface area contributed by atoms with E-state index in [0.717, 1.165) is 19.5 Å². The Balaban J connectivity index is 1.62. The predicted octanol–water partition coefficient (Wildman–Crippen LogP) is 1.74. The largest absolute Gasteiger partial charge is 0.411 e. The summed E-state index contributed by atoms with van der Waals surface area (Å²) < 4.78 is 39.9. The van der Waals surface area contributed by atoms with Gasteiger partial charge in [0, 0.05) is 26.2 Å². The topological polar surface area (TPSA) is 41.6 Å². The highest BCUT2D eigenvalue weighted by Gasteiger charge is 2.27. The molecule has 0 spiro atoms. The first-order valence-corrected chi connectivity index (χ1v) is 7.14. The fourth-order valence-corrected chi connectivity index (χ4v) is 2.41. The maximum absolute atomic E-state index is 11.9. The van der Waals surface area contributed by atoms with Gasteiger partial charge in [-0.25, -0.2) is 0 Å². The monoisotopic (exact) mass is 316 g/mol. The number of amides is 1. The molecule has 0 unspecified atom stereocenters. The van der Waals surface area contributed by atoms with E-state index in [1.54, 1.807) is 0 Å². The molecule has 1 amide bonds. The number of benzene rings is 1. The molecule has 0 fully saturated rings. The minimum atomic E-state index is -4.40. The van der Waals surface area contributed by atoms with E-state index in [0.29, 0.717) is 13.1 Å². The zero-order valence-electron chi connectivity index (χ0n) is 12.2. The first kappa shape index (κ1) is 16.8. The Hall–Kier alpha value is -1.60. The summed E-state index contributed by atoms with van der Waals surface area (Å²) in [6.07, 6.45) is -3.43. The van der Waals surface area contributed by atoms with Crippen molar-refractivity contribution in [2.75, 3.05) is 32.8 Å². The van der Waals surface area contributed by atoms with Gasteiger partial charge in [0.15, 0.2) is 0 Å². The van der Waals surface area contributed by atoms with E-state index in [9.17, 15) is 18.0 Å². The van der Waals surface area contributed by atoms with Crippen LogP contribution in [0.1, 0.15) is 11.1 Å². The summed E-state index contributed by atoms with van der Waals surface area (Å²) in [5.41, 5.74) is 2.64. The summed E-state index contributed by atoms with van der Waals surface area (Å²) in [6.45, 7) is 0.843. The van der Waals surface area contributed by atoms with Crippen molar-refractivity contribution in [1.82, 2.24) is 10.2 Å². The fourth-order valence-electron chi connectivity index (χ4n) is 2.41. The van der Waals surface area contributed by atoms with Gasteiger partial charge in [0.25, 0.3) is 0 Å². The van der Waals surface area contributed by atoms with Crippen molar-refractivity contribution in [1.29, 1.82) is 0 Å². The molecule has 1 N–H and O–H groups in total. The van der Waals surface area contributed by atoms with Crippen LogP contribution in [-0.4, -0.2) is 49.8 Å². The lowest BCUT2D eigenvalue weighted by Gasteiger charge is -2.28. The second-order valence-corrected chi connectivity index (χ2v) is 5.25. The quantitative estimate of drug-likeness (QED) is 0.869. The van der Waals surface area contributed by atoms with Crippen LogP contribution < -0.4 is 5.32 Å². The second kappa shape index (κ2) is 7.60. The van der Waals surface area contributed by atoms with Crippen molar-refractivity contribution in [2.24, 2.45) is 0 Å². The normalized spacial score (nSPS) is 15.4. The van der Waals surface area contributed by atoms with Crippen molar-refractivity contribution < 1.29 is 22.7 Å². The zero-order valence-corrected chi connectivity index (χ0v) is 12.2. The fraction of sp³-hybridized carbons (Fsp3) is 0.533. The Kier molecular flexibility index (Phi) is 5.79. The van der Waals surface area contributed by atoms with Crippen LogP contribution in [0.15, 0.2) is 24.3 Å². The molecule has 122 valence electrons. The highest BCUT2D eigenvalue weighted by molar-refractivity contribution is 5.77. The van der Waals surface area contributed by atoms with Crippen LogP contribution >= 0.6 is 0 Å². The Labute approximate surface area is 127 Å². The molecule has 0 aliphatic carbocycles. The summed E-state index contributed by atoms with van der Waals surface area (Å²) in [6, 6.07) is 8.23. The molecule has 0 aromatic heterocycles. The predicted molar refractivity (Wildman–Crippen MR) is 75.3 cm³/mol. The zero-order chi connectivity index (χ0) is 16.0. The molecule has 0 bridgehead atoms. The van der Waals surface area contributed by atoms with E-state index in [1.165, 1.54) is 11.1 Å². The molecule has 1 aliphatic rings. The molecular weight excluding hydrogens is 297 g/mol. The summed E-state index contributed by atoms with van der Waals surface area (Å²) in [7, 11) is 0. The van der Waals surface area contributed by atoms with Crippen LogP contribution in [0.5, 0.6) is 0 Å². The Morgan fingerprint density at radius 3 is 2.73 bits per heavy atom. The van der Waals surface area contributed by atoms with Gasteiger partial charge in [0.1, 0.15) is 13.2 Å². The molecule has 0 saturated carbocycles. The van der Waals surface area contributed by atoms with Gasteiger partial charge in [-0.05, 0) is 17.5 Å². The average molecular weight is 316 g/mol. The third kappa shape index (κ3) is 5.65. The number of fused-ring (bicyclic) bond motifs is 1. The molecule has 0 radical (unpaired) electrons. The van der Waals surface area contributed by atoms with Crippen molar-refractivity contribution in [3.8, 4) is 0 Å². The molecule has 0 saturated heterocycles. The van der Waals surface area contributed by atoms with Crippen LogP contribution in [0.4, 0.5) is 13.2 Å². The van der Waals surface area contributed by atoms with Gasteiger partial charge in [0.2, 0.25) is 5.91 Å². The summed E-state index contributed by atoms with van der Waals surface area (Å²) >= 11 is 0. The van der Waals surface area contributed by atoms with E-state index in [2.05, 4.69) is 27.1 Å². The average Bonchev–Trinajstić information content (AvgIpc) is 2.46. The van der Waals surface area contributed by atoms with Crippen molar-refractivity contribution in [3.05, 3.63) is 35.4 Å². The Morgan fingerprint density at radius 2 is 2.00 bits per heavy atom. The molecule has 1 heterocycles. The van der Waals surface area contributed by atoms with Crippen LogP contribution in [0.2, 0.25) is 0 Å². The lowest BCUT2D eigenvalue weighted by molar-refractivity contribution is -0.175. The summed E-state index contributed by atoms with van der Waals surface area (Å²) in [4.78, 5) is 13.6. The highest BCUT2D eigenvalue weighted by atomic mass is 19.4. The van der Waals surface area contributed by atoms with Crippen LogP contribution in [0.25, 0.3) is 0 Å². The third-order valence-corrected chi connectivity index (χ3v) is 3.46. The molecular formula is C15H19F3N2O2. The highest BCUT2D eigenvalue weighted by Crippen LogP contribution is 2.17. The minimum absolute atomic E-state index is 0.399. The molecule has 0 atom stereocenters. The van der Waals surface area contributed by atoms with Gasteiger partial charge in [0.05, 0.1) is 0 Å². The number of nitrogens with zero attached hydrogens (tertiary/aromatic N) is 1. The lowest BCUT2D eigenvalue weighted by atomic mass is 10.00. The smallest absolute Gasteiger partial charge is 0.362 e. The van der Waals surface area contributed by atoms with Gasteiger partial charge < -0.3 is 10.1 Å². The van der Waals surface area contributed by atoms with Crippen molar-refractivity contribution in [3.63, 3.8) is 0 Å². The molecule has 1 aromatic carbocycles. The van der Waals surface area contributed by atoms with Crippen LogP contribution in [-0.2, 0) is 22.5 Å². The van der Waals surface area contributed by atoms with Crippen LogP contribution in [0, 0.1) is 0 Å². The first-order valence-electron chi connectivity index (χ1n) is 7.14. The SMILES string of the molecule is O=C(COCC(F)(F)F)NCCN1CCc2ccccc2C1. The molecule has 22 heavy (non-hydrogen) atoms. The van der Waals surface area contributed by atoms with Crippen molar-refractivity contribution >= 4 is 5.91 Å². The Morgan fingerprint density at radius 1 is 1.27 bits per heavy atom. The number of rotatable bonds is 6. The number of carbonyl (C=O) groups is 1. The summed E-state index contributed by atoms with van der Waals surface area (Å²) in [5, 5.41) is 2.57. The molecule has 1 aliphatic heterocycles. The van der Waals surface area contributed by atoms with Gasteiger partial charge >= 0.3 is 6.18 Å². The molecule has 4 nitrogen and oxygen atoms in total. The van der Waals surface area contributed by atoms with Gasteiger partial charge in [-0.15, -0.1) is 0 Å². The summed E-state index contributed by atoms with van der Waals surface area (Å²) in [5.74, 6) is -0.526. The van der Waals surface area contributed by atoms with E-state index in [-0.39, 0.29) is 0 Å². The number of ether oxygens (including phenoxy) is 1. The maximum Gasteiger partial charge on any atom is 0.411 e. The number of hydrogen-bond donors (Lipinski definition) is 1. The lowest BCUT2D eigenvalue weighted by Crippen LogP contribution is -2.39.